The van der Waals surface area contributed by atoms with E-state index in [1.165, 1.54) is 0 Å². The second-order valence-electron chi connectivity index (χ2n) is 3.70. The van der Waals surface area contributed by atoms with Crippen LogP contribution in [0.4, 0.5) is 0 Å². The van der Waals surface area contributed by atoms with E-state index in [4.69, 9.17) is 10.00 Å². The van der Waals surface area contributed by atoms with E-state index in [0.29, 0.717) is 18.7 Å². The summed E-state index contributed by atoms with van der Waals surface area (Å²) in [6, 6.07) is 9.18. The molecule has 4 nitrogen and oxygen atoms in total. The van der Waals surface area contributed by atoms with Crippen LogP contribution in [-0.4, -0.2) is 18.6 Å². The molecule has 1 aliphatic rings. The fraction of sp³-hybridized carbons (Fsp3) is 0.333. The molecule has 0 spiro atoms. The number of esters is 1. The summed E-state index contributed by atoms with van der Waals surface area (Å²) in [5, 5.41) is 11.8. The molecule has 0 bridgehead atoms. The fourth-order valence-corrected chi connectivity index (χ4v) is 1.62. The zero-order valence-corrected chi connectivity index (χ0v) is 8.77. The minimum absolute atomic E-state index is 0.173. The Balaban J connectivity index is 1.90. The standard InChI is InChI=1S/C12H12N2O2/c13-7-9-1-3-10(4-2-9)8-14-11-5-6-16-12(11)15/h1-4,11,14H,5-6,8H2. The molecule has 0 radical (unpaired) electrons. The lowest BCUT2D eigenvalue weighted by molar-refractivity contribution is -0.139. The van der Waals surface area contributed by atoms with Crippen LogP contribution in [0.2, 0.25) is 0 Å². The summed E-state index contributed by atoms with van der Waals surface area (Å²) in [7, 11) is 0. The van der Waals surface area contributed by atoms with Gasteiger partial charge in [-0.2, -0.15) is 5.26 Å². The third kappa shape index (κ3) is 2.38. The van der Waals surface area contributed by atoms with Gasteiger partial charge in [-0.05, 0) is 17.7 Å². The Hall–Kier alpha value is -1.86. The van der Waals surface area contributed by atoms with Crippen LogP contribution in [-0.2, 0) is 16.1 Å². The van der Waals surface area contributed by atoms with Crippen molar-refractivity contribution in [2.45, 2.75) is 19.0 Å². The van der Waals surface area contributed by atoms with Crippen LogP contribution in [0.25, 0.3) is 0 Å². The Bertz CT molecular complexity index is 420. The maximum Gasteiger partial charge on any atom is 0.323 e. The van der Waals surface area contributed by atoms with Crippen molar-refractivity contribution < 1.29 is 9.53 Å². The maximum absolute atomic E-state index is 11.2. The Morgan fingerprint density at radius 2 is 2.19 bits per heavy atom. The van der Waals surface area contributed by atoms with Crippen molar-refractivity contribution in [2.24, 2.45) is 0 Å². The van der Waals surface area contributed by atoms with Gasteiger partial charge >= 0.3 is 5.97 Å². The van der Waals surface area contributed by atoms with E-state index in [2.05, 4.69) is 11.4 Å². The molecule has 1 N–H and O–H groups in total. The van der Waals surface area contributed by atoms with Gasteiger partial charge in [-0.15, -0.1) is 0 Å². The molecule has 16 heavy (non-hydrogen) atoms. The molecule has 1 aliphatic heterocycles. The lowest BCUT2D eigenvalue weighted by Gasteiger charge is -2.08. The van der Waals surface area contributed by atoms with Gasteiger partial charge < -0.3 is 10.1 Å². The van der Waals surface area contributed by atoms with E-state index in [0.717, 1.165) is 12.0 Å². The molecule has 1 aromatic carbocycles. The normalized spacial score (nSPS) is 19.2. The lowest BCUT2D eigenvalue weighted by atomic mass is 10.1. The summed E-state index contributed by atoms with van der Waals surface area (Å²) in [5.41, 5.74) is 1.70. The number of nitrogens with one attached hydrogen (secondary N) is 1. The highest BCUT2D eigenvalue weighted by Crippen LogP contribution is 2.08. The van der Waals surface area contributed by atoms with Gasteiger partial charge in [0.05, 0.1) is 18.2 Å². The zero-order chi connectivity index (χ0) is 11.4. The Kier molecular flexibility index (Phi) is 3.18. The zero-order valence-electron chi connectivity index (χ0n) is 8.77. The van der Waals surface area contributed by atoms with Crippen molar-refractivity contribution in [3.05, 3.63) is 35.4 Å². The average molecular weight is 216 g/mol. The predicted molar refractivity (Wildman–Crippen MR) is 57.4 cm³/mol. The quantitative estimate of drug-likeness (QED) is 0.764. The molecule has 82 valence electrons. The number of benzene rings is 1. The molecule has 1 saturated heterocycles. The van der Waals surface area contributed by atoms with E-state index in [1.807, 2.05) is 12.1 Å². The molecular formula is C12H12N2O2. The molecule has 0 saturated carbocycles. The molecule has 1 unspecified atom stereocenters. The van der Waals surface area contributed by atoms with E-state index in [-0.39, 0.29) is 12.0 Å². The van der Waals surface area contributed by atoms with Crippen LogP contribution < -0.4 is 5.32 Å². The van der Waals surface area contributed by atoms with Gasteiger partial charge in [0.25, 0.3) is 0 Å². The molecule has 1 heterocycles. The molecule has 1 fully saturated rings. The van der Waals surface area contributed by atoms with Crippen LogP contribution in [0.3, 0.4) is 0 Å². The maximum atomic E-state index is 11.2. The second kappa shape index (κ2) is 4.77. The summed E-state index contributed by atoms with van der Waals surface area (Å²) in [5.74, 6) is -0.173. The topological polar surface area (TPSA) is 62.1 Å². The average Bonchev–Trinajstić information content (AvgIpc) is 2.73. The third-order valence-electron chi connectivity index (χ3n) is 2.57. The van der Waals surface area contributed by atoms with Crippen molar-refractivity contribution in [2.75, 3.05) is 6.61 Å². The number of carbonyl (C=O) groups is 1. The highest BCUT2D eigenvalue weighted by atomic mass is 16.5. The third-order valence-corrected chi connectivity index (χ3v) is 2.57. The lowest BCUT2D eigenvalue weighted by Crippen LogP contribution is -2.32. The number of hydrogen-bond acceptors (Lipinski definition) is 4. The largest absolute Gasteiger partial charge is 0.464 e. The van der Waals surface area contributed by atoms with Gasteiger partial charge in [-0.1, -0.05) is 12.1 Å². The van der Waals surface area contributed by atoms with Gasteiger partial charge in [0.1, 0.15) is 6.04 Å². The van der Waals surface area contributed by atoms with E-state index in [1.54, 1.807) is 12.1 Å². The van der Waals surface area contributed by atoms with Gasteiger partial charge in [0.15, 0.2) is 0 Å². The first-order valence-corrected chi connectivity index (χ1v) is 5.18. The van der Waals surface area contributed by atoms with Crippen LogP contribution >= 0.6 is 0 Å². The van der Waals surface area contributed by atoms with Crippen LogP contribution in [0.5, 0.6) is 0 Å². The van der Waals surface area contributed by atoms with Crippen molar-refractivity contribution in [1.82, 2.24) is 5.32 Å². The van der Waals surface area contributed by atoms with Crippen molar-refractivity contribution in [3.8, 4) is 6.07 Å². The molecular weight excluding hydrogens is 204 g/mol. The highest BCUT2D eigenvalue weighted by molar-refractivity contribution is 5.77. The number of nitriles is 1. The Morgan fingerprint density at radius 1 is 1.44 bits per heavy atom. The second-order valence-corrected chi connectivity index (χ2v) is 3.70. The van der Waals surface area contributed by atoms with Crippen LogP contribution in [0, 0.1) is 11.3 Å². The fourth-order valence-electron chi connectivity index (χ4n) is 1.62. The van der Waals surface area contributed by atoms with E-state index in [9.17, 15) is 4.79 Å². The SMILES string of the molecule is N#Cc1ccc(CNC2CCOC2=O)cc1. The molecule has 0 amide bonds. The first kappa shape index (κ1) is 10.7. The monoisotopic (exact) mass is 216 g/mol. The minimum Gasteiger partial charge on any atom is -0.464 e. The van der Waals surface area contributed by atoms with Gasteiger partial charge in [0.2, 0.25) is 0 Å². The summed E-state index contributed by atoms with van der Waals surface area (Å²) >= 11 is 0. The van der Waals surface area contributed by atoms with Crippen LogP contribution in [0.15, 0.2) is 24.3 Å². The number of carbonyl (C=O) groups excluding carboxylic acids is 1. The van der Waals surface area contributed by atoms with E-state index >= 15 is 0 Å². The summed E-state index contributed by atoms with van der Waals surface area (Å²) in [6.07, 6.45) is 0.731. The van der Waals surface area contributed by atoms with Gasteiger partial charge in [0, 0.05) is 13.0 Å². The Morgan fingerprint density at radius 3 is 2.75 bits per heavy atom. The number of rotatable bonds is 3. The first-order chi connectivity index (χ1) is 7.79. The summed E-state index contributed by atoms with van der Waals surface area (Å²) < 4.78 is 4.85. The highest BCUT2D eigenvalue weighted by Gasteiger charge is 2.25. The number of nitrogens with zero attached hydrogens (tertiary/aromatic N) is 1. The number of hydrogen-bond donors (Lipinski definition) is 1. The minimum atomic E-state index is -0.185. The summed E-state index contributed by atoms with van der Waals surface area (Å²) in [6.45, 7) is 1.12. The molecule has 1 atom stereocenters. The first-order valence-electron chi connectivity index (χ1n) is 5.18. The molecule has 1 aromatic rings. The van der Waals surface area contributed by atoms with Gasteiger partial charge in [-0.25, -0.2) is 0 Å². The number of cyclic esters (lactones) is 1. The summed E-state index contributed by atoms with van der Waals surface area (Å²) in [4.78, 5) is 11.2. The van der Waals surface area contributed by atoms with E-state index < -0.39 is 0 Å². The molecule has 0 aromatic heterocycles. The van der Waals surface area contributed by atoms with Crippen LogP contribution in [0.1, 0.15) is 17.5 Å². The smallest absolute Gasteiger partial charge is 0.323 e. The van der Waals surface area contributed by atoms with Crippen molar-refractivity contribution in [1.29, 1.82) is 5.26 Å². The Labute approximate surface area is 93.8 Å². The van der Waals surface area contributed by atoms with Gasteiger partial charge in [-0.3, -0.25) is 4.79 Å². The molecule has 0 aliphatic carbocycles. The molecule has 4 heteroatoms. The van der Waals surface area contributed by atoms with Crippen molar-refractivity contribution in [3.63, 3.8) is 0 Å². The van der Waals surface area contributed by atoms with Crippen molar-refractivity contribution >= 4 is 5.97 Å². The number of ether oxygens (including phenoxy) is 1. The molecule has 2 rings (SSSR count). The predicted octanol–water partition coefficient (Wildman–Crippen LogP) is 0.963.